The van der Waals surface area contributed by atoms with E-state index in [1.54, 1.807) is 0 Å². The number of piperidine rings is 1. The SMILES string of the molecule is O=C(OCC1CCCO1)[C@H]1CCCNC1. The lowest BCUT2D eigenvalue weighted by Gasteiger charge is -2.21. The summed E-state index contributed by atoms with van der Waals surface area (Å²) in [5.74, 6) is -0.00199. The Morgan fingerprint density at radius 3 is 3.00 bits per heavy atom. The molecule has 0 radical (unpaired) electrons. The van der Waals surface area contributed by atoms with Gasteiger partial charge in [0.15, 0.2) is 0 Å². The Balaban J connectivity index is 1.66. The van der Waals surface area contributed by atoms with Gasteiger partial charge in [0.05, 0.1) is 12.0 Å². The van der Waals surface area contributed by atoms with Gasteiger partial charge in [-0.15, -0.1) is 0 Å². The third-order valence-electron chi connectivity index (χ3n) is 3.07. The van der Waals surface area contributed by atoms with E-state index in [0.717, 1.165) is 45.4 Å². The maximum absolute atomic E-state index is 11.6. The third kappa shape index (κ3) is 3.18. The smallest absolute Gasteiger partial charge is 0.310 e. The van der Waals surface area contributed by atoms with Crippen LogP contribution in [0.25, 0.3) is 0 Å². The van der Waals surface area contributed by atoms with Crippen molar-refractivity contribution in [1.82, 2.24) is 5.32 Å². The molecule has 4 nitrogen and oxygen atoms in total. The molecule has 86 valence electrons. The Morgan fingerprint density at radius 1 is 1.40 bits per heavy atom. The summed E-state index contributed by atoms with van der Waals surface area (Å²) in [5, 5.41) is 3.21. The monoisotopic (exact) mass is 213 g/mol. The van der Waals surface area contributed by atoms with Crippen LogP contribution < -0.4 is 5.32 Å². The minimum absolute atomic E-state index is 0.0557. The molecule has 2 aliphatic rings. The van der Waals surface area contributed by atoms with E-state index in [0.29, 0.717) is 6.61 Å². The average molecular weight is 213 g/mol. The summed E-state index contributed by atoms with van der Waals surface area (Å²) < 4.78 is 10.7. The number of nitrogens with one attached hydrogen (secondary N) is 1. The summed E-state index contributed by atoms with van der Waals surface area (Å²) in [5.41, 5.74) is 0. The van der Waals surface area contributed by atoms with E-state index < -0.39 is 0 Å². The van der Waals surface area contributed by atoms with Crippen LogP contribution in [0.2, 0.25) is 0 Å². The van der Waals surface area contributed by atoms with Crippen LogP contribution in [-0.4, -0.2) is 38.4 Å². The molecule has 1 N–H and O–H groups in total. The molecule has 2 fully saturated rings. The van der Waals surface area contributed by atoms with Gasteiger partial charge in [-0.3, -0.25) is 4.79 Å². The predicted molar refractivity (Wildman–Crippen MR) is 55.5 cm³/mol. The molecule has 2 heterocycles. The summed E-state index contributed by atoms with van der Waals surface area (Å²) >= 11 is 0. The fraction of sp³-hybridized carbons (Fsp3) is 0.909. The van der Waals surface area contributed by atoms with Crippen LogP contribution in [0.1, 0.15) is 25.7 Å². The Morgan fingerprint density at radius 2 is 2.33 bits per heavy atom. The molecule has 4 heteroatoms. The summed E-state index contributed by atoms with van der Waals surface area (Å²) in [6.07, 6.45) is 4.28. The van der Waals surface area contributed by atoms with Crippen LogP contribution >= 0.6 is 0 Å². The summed E-state index contributed by atoms with van der Waals surface area (Å²) in [7, 11) is 0. The maximum Gasteiger partial charge on any atom is 0.310 e. The molecule has 0 aromatic rings. The number of esters is 1. The highest BCUT2D eigenvalue weighted by molar-refractivity contribution is 5.72. The molecule has 2 rings (SSSR count). The fourth-order valence-electron chi connectivity index (χ4n) is 2.12. The highest BCUT2D eigenvalue weighted by atomic mass is 16.6. The van der Waals surface area contributed by atoms with Crippen LogP contribution in [0.4, 0.5) is 0 Å². The number of carbonyl (C=O) groups is 1. The quantitative estimate of drug-likeness (QED) is 0.701. The van der Waals surface area contributed by atoms with E-state index in [-0.39, 0.29) is 18.0 Å². The largest absolute Gasteiger partial charge is 0.463 e. The lowest BCUT2D eigenvalue weighted by atomic mass is 10.0. The molecule has 0 aliphatic carbocycles. The standard InChI is InChI=1S/C11H19NO3/c13-11(9-3-1-5-12-7-9)15-8-10-4-2-6-14-10/h9-10,12H,1-8H2/t9-,10?/m0/s1. The molecule has 0 amide bonds. The molecular formula is C11H19NO3. The topological polar surface area (TPSA) is 47.6 Å². The predicted octanol–water partition coefficient (Wildman–Crippen LogP) is 0.708. The van der Waals surface area contributed by atoms with Gasteiger partial charge >= 0.3 is 5.97 Å². The zero-order valence-corrected chi connectivity index (χ0v) is 9.04. The molecule has 2 atom stereocenters. The highest BCUT2D eigenvalue weighted by Crippen LogP contribution is 2.15. The Hall–Kier alpha value is -0.610. The van der Waals surface area contributed by atoms with Crippen molar-refractivity contribution < 1.29 is 14.3 Å². The lowest BCUT2D eigenvalue weighted by molar-refractivity contribution is -0.152. The van der Waals surface area contributed by atoms with E-state index in [4.69, 9.17) is 9.47 Å². The van der Waals surface area contributed by atoms with Crippen LogP contribution in [0.3, 0.4) is 0 Å². The highest BCUT2D eigenvalue weighted by Gasteiger charge is 2.24. The second-order valence-corrected chi connectivity index (χ2v) is 4.31. The Bertz CT molecular complexity index is 208. The van der Waals surface area contributed by atoms with Gasteiger partial charge in [-0.2, -0.15) is 0 Å². The van der Waals surface area contributed by atoms with Crippen molar-refractivity contribution in [3.8, 4) is 0 Å². The van der Waals surface area contributed by atoms with Gasteiger partial charge in [-0.25, -0.2) is 0 Å². The number of rotatable bonds is 3. The number of carbonyl (C=O) groups excluding carboxylic acids is 1. The summed E-state index contributed by atoms with van der Waals surface area (Å²) in [6, 6.07) is 0. The molecule has 0 bridgehead atoms. The number of hydrogen-bond acceptors (Lipinski definition) is 4. The second kappa shape index (κ2) is 5.47. The molecule has 0 aromatic carbocycles. The number of hydrogen-bond donors (Lipinski definition) is 1. The van der Waals surface area contributed by atoms with Gasteiger partial charge in [0.1, 0.15) is 6.61 Å². The first-order valence-corrected chi connectivity index (χ1v) is 5.85. The minimum atomic E-state index is -0.0577. The average Bonchev–Trinajstić information content (AvgIpc) is 2.80. The molecule has 15 heavy (non-hydrogen) atoms. The maximum atomic E-state index is 11.6. The molecule has 0 spiro atoms. The van der Waals surface area contributed by atoms with Gasteiger partial charge < -0.3 is 14.8 Å². The van der Waals surface area contributed by atoms with Gasteiger partial charge in [0, 0.05) is 13.2 Å². The van der Waals surface area contributed by atoms with Crippen LogP contribution in [0.5, 0.6) is 0 Å². The molecule has 0 saturated carbocycles. The third-order valence-corrected chi connectivity index (χ3v) is 3.07. The molecule has 1 unspecified atom stereocenters. The number of ether oxygens (including phenoxy) is 2. The van der Waals surface area contributed by atoms with E-state index in [2.05, 4.69) is 5.32 Å². The molecule has 0 aromatic heterocycles. The van der Waals surface area contributed by atoms with Gasteiger partial charge in [-0.1, -0.05) is 0 Å². The van der Waals surface area contributed by atoms with Crippen molar-refractivity contribution >= 4 is 5.97 Å². The summed E-state index contributed by atoms with van der Waals surface area (Å²) in [4.78, 5) is 11.6. The van der Waals surface area contributed by atoms with Crippen molar-refractivity contribution in [3.63, 3.8) is 0 Å². The molecular weight excluding hydrogens is 194 g/mol. The van der Waals surface area contributed by atoms with Crippen molar-refractivity contribution in [2.24, 2.45) is 5.92 Å². The first-order valence-electron chi connectivity index (χ1n) is 5.85. The van der Waals surface area contributed by atoms with Crippen LogP contribution in [0.15, 0.2) is 0 Å². The van der Waals surface area contributed by atoms with Crippen LogP contribution in [-0.2, 0) is 14.3 Å². The van der Waals surface area contributed by atoms with Crippen molar-refractivity contribution in [2.75, 3.05) is 26.3 Å². The van der Waals surface area contributed by atoms with E-state index in [1.807, 2.05) is 0 Å². The van der Waals surface area contributed by atoms with E-state index in [1.165, 1.54) is 0 Å². The minimum Gasteiger partial charge on any atom is -0.463 e. The fourth-order valence-corrected chi connectivity index (χ4v) is 2.12. The van der Waals surface area contributed by atoms with Crippen molar-refractivity contribution in [1.29, 1.82) is 0 Å². The molecule has 2 saturated heterocycles. The first kappa shape index (κ1) is 10.9. The Labute approximate surface area is 90.3 Å². The van der Waals surface area contributed by atoms with Gasteiger partial charge in [0.25, 0.3) is 0 Å². The molecule has 2 aliphatic heterocycles. The zero-order chi connectivity index (χ0) is 10.5. The van der Waals surface area contributed by atoms with Crippen LogP contribution in [0, 0.1) is 5.92 Å². The summed E-state index contributed by atoms with van der Waals surface area (Å²) in [6.45, 7) is 3.04. The van der Waals surface area contributed by atoms with Crippen molar-refractivity contribution in [2.45, 2.75) is 31.8 Å². The second-order valence-electron chi connectivity index (χ2n) is 4.31. The van der Waals surface area contributed by atoms with E-state index in [9.17, 15) is 4.79 Å². The van der Waals surface area contributed by atoms with Crippen molar-refractivity contribution in [3.05, 3.63) is 0 Å². The Kier molecular flexibility index (Phi) is 3.97. The zero-order valence-electron chi connectivity index (χ0n) is 9.04. The normalized spacial score (nSPS) is 31.5. The van der Waals surface area contributed by atoms with Gasteiger partial charge in [0.2, 0.25) is 0 Å². The first-order chi connectivity index (χ1) is 7.36. The van der Waals surface area contributed by atoms with Gasteiger partial charge in [-0.05, 0) is 32.2 Å². The lowest BCUT2D eigenvalue weighted by Crippen LogP contribution is -2.36. The van der Waals surface area contributed by atoms with E-state index >= 15 is 0 Å².